The van der Waals surface area contributed by atoms with Crippen LogP contribution in [0.5, 0.6) is 0 Å². The van der Waals surface area contributed by atoms with Gasteiger partial charge in [0, 0.05) is 23.3 Å². The number of H-pyrrole nitrogens is 1. The Balaban J connectivity index is 0.000000171. The van der Waals surface area contributed by atoms with Crippen LogP contribution in [0.1, 0.15) is 12.5 Å². The van der Waals surface area contributed by atoms with E-state index in [1.54, 1.807) is 18.5 Å². The highest BCUT2D eigenvalue weighted by Crippen LogP contribution is 2.26. The van der Waals surface area contributed by atoms with Crippen LogP contribution in [-0.2, 0) is 6.42 Å². The first kappa shape index (κ1) is 18.4. The molecule has 29 heavy (non-hydrogen) atoms. The van der Waals surface area contributed by atoms with Gasteiger partial charge < -0.3 is 10.7 Å². The van der Waals surface area contributed by atoms with E-state index in [1.165, 1.54) is 18.7 Å². The summed E-state index contributed by atoms with van der Waals surface area (Å²) >= 11 is 0. The molecule has 0 saturated carbocycles. The molecule has 4 heterocycles. The number of aryl methyl sites for hydroxylation is 1. The van der Waals surface area contributed by atoms with Crippen molar-refractivity contribution in [1.82, 2.24) is 29.9 Å². The van der Waals surface area contributed by atoms with Gasteiger partial charge in [0.1, 0.15) is 23.2 Å². The molecule has 0 saturated heterocycles. The molecule has 3 N–H and O–H groups in total. The Morgan fingerprint density at radius 1 is 1.10 bits per heavy atom. The van der Waals surface area contributed by atoms with Crippen LogP contribution < -0.4 is 5.73 Å². The van der Waals surface area contributed by atoms with Crippen molar-refractivity contribution in [3.05, 3.63) is 72.8 Å². The number of aromatic amines is 1. The van der Waals surface area contributed by atoms with E-state index in [9.17, 15) is 4.39 Å². The van der Waals surface area contributed by atoms with Gasteiger partial charge >= 0.3 is 0 Å². The highest BCUT2D eigenvalue weighted by Gasteiger charge is 2.10. The molecule has 0 spiro atoms. The normalized spacial score (nSPS) is 10.7. The second-order valence-corrected chi connectivity index (χ2v) is 6.26. The van der Waals surface area contributed by atoms with Crippen molar-refractivity contribution in [2.75, 3.05) is 5.73 Å². The van der Waals surface area contributed by atoms with E-state index in [2.05, 4.69) is 36.8 Å². The fraction of sp³-hybridized carbons (Fsp3) is 0.0952. The first-order valence-corrected chi connectivity index (χ1v) is 9.05. The lowest BCUT2D eigenvalue weighted by molar-refractivity contribution is 0.637. The van der Waals surface area contributed by atoms with Crippen molar-refractivity contribution < 1.29 is 4.39 Å². The predicted molar refractivity (Wildman–Crippen MR) is 110 cm³/mol. The van der Waals surface area contributed by atoms with Crippen molar-refractivity contribution in [2.24, 2.45) is 0 Å². The number of nitrogens with one attached hydrogen (secondary N) is 1. The number of fused-ring (bicyclic) bond motifs is 2. The van der Waals surface area contributed by atoms with Crippen LogP contribution in [0.4, 0.5) is 10.2 Å². The summed E-state index contributed by atoms with van der Waals surface area (Å²) in [5, 5.41) is 0.837. The van der Waals surface area contributed by atoms with Gasteiger partial charge in [-0.2, -0.15) is 0 Å². The van der Waals surface area contributed by atoms with Gasteiger partial charge in [0.2, 0.25) is 0 Å². The molecular formula is C21H18FN7. The lowest BCUT2D eigenvalue weighted by atomic mass is 10.0. The first-order valence-electron chi connectivity index (χ1n) is 9.05. The number of pyridine rings is 2. The number of imidazole rings is 1. The van der Waals surface area contributed by atoms with E-state index < -0.39 is 0 Å². The van der Waals surface area contributed by atoms with Crippen molar-refractivity contribution >= 4 is 27.9 Å². The number of nitrogens with zero attached hydrogens (tertiary/aromatic N) is 5. The van der Waals surface area contributed by atoms with Gasteiger partial charge in [-0.3, -0.25) is 4.98 Å². The van der Waals surface area contributed by atoms with Gasteiger partial charge in [-0.05, 0) is 36.2 Å². The molecule has 0 amide bonds. The quantitative estimate of drug-likeness (QED) is 0.475. The molecule has 0 unspecified atom stereocenters. The molecular weight excluding hydrogens is 369 g/mol. The largest absolute Gasteiger partial charge is 0.382 e. The molecule has 0 bridgehead atoms. The van der Waals surface area contributed by atoms with Gasteiger partial charge in [-0.1, -0.05) is 19.1 Å². The number of para-hydroxylation sites is 1. The van der Waals surface area contributed by atoms with Gasteiger partial charge in [0.05, 0.1) is 12.0 Å². The Kier molecular flexibility index (Phi) is 5.07. The molecule has 0 radical (unpaired) electrons. The van der Waals surface area contributed by atoms with Crippen LogP contribution in [0, 0.1) is 5.82 Å². The number of nitrogens with two attached hydrogens (primary N) is 1. The molecule has 0 aliphatic heterocycles. The number of halogens is 1. The zero-order valence-electron chi connectivity index (χ0n) is 15.7. The summed E-state index contributed by atoms with van der Waals surface area (Å²) in [6, 6.07) is 10.9. The number of rotatable bonds is 2. The van der Waals surface area contributed by atoms with Gasteiger partial charge in [-0.15, -0.1) is 0 Å². The maximum atomic E-state index is 13.8. The summed E-state index contributed by atoms with van der Waals surface area (Å²) in [6.45, 7) is 2.07. The molecule has 144 valence electrons. The van der Waals surface area contributed by atoms with Crippen LogP contribution in [-0.4, -0.2) is 29.9 Å². The van der Waals surface area contributed by atoms with Crippen LogP contribution in [0.15, 0.2) is 61.4 Å². The average Bonchev–Trinajstić information content (AvgIpc) is 3.25. The minimum atomic E-state index is -0.287. The summed E-state index contributed by atoms with van der Waals surface area (Å²) in [5.74, 6) is 0.146. The Morgan fingerprint density at radius 2 is 2.00 bits per heavy atom. The van der Waals surface area contributed by atoms with Crippen LogP contribution >= 0.6 is 0 Å². The standard InChI is InChI=1S/C16H13FN2.C5H5N5/c1-2-11-9-12-5-3-7-14(17)16(12)19-15(11)13-6-4-8-18-10-13;6-4-3-5(9-1-7-3)10-2-8-4/h3-10H,2H2,1H3;1-2H,(H3,6,7,8,9,10). The zero-order valence-corrected chi connectivity index (χ0v) is 15.7. The van der Waals surface area contributed by atoms with Crippen molar-refractivity contribution in [3.8, 4) is 11.3 Å². The van der Waals surface area contributed by atoms with Crippen LogP contribution in [0.2, 0.25) is 0 Å². The Hall–Kier alpha value is -3.94. The second-order valence-electron chi connectivity index (χ2n) is 6.26. The Bertz CT molecular complexity index is 1270. The maximum absolute atomic E-state index is 13.8. The predicted octanol–water partition coefficient (Wildman–Crippen LogP) is 3.93. The minimum Gasteiger partial charge on any atom is -0.382 e. The number of nitrogen functional groups attached to an aromatic ring is 1. The topological polar surface area (TPSA) is 106 Å². The molecule has 5 rings (SSSR count). The second kappa shape index (κ2) is 7.97. The van der Waals surface area contributed by atoms with E-state index in [0.29, 0.717) is 22.5 Å². The number of hydrogen-bond donors (Lipinski definition) is 2. The number of benzene rings is 1. The molecule has 1 aromatic carbocycles. The fourth-order valence-electron chi connectivity index (χ4n) is 3.01. The van der Waals surface area contributed by atoms with E-state index in [4.69, 9.17) is 5.73 Å². The number of aromatic nitrogens is 6. The van der Waals surface area contributed by atoms with Gasteiger partial charge in [-0.25, -0.2) is 24.3 Å². The third kappa shape index (κ3) is 3.73. The van der Waals surface area contributed by atoms with E-state index in [-0.39, 0.29) is 5.82 Å². The van der Waals surface area contributed by atoms with Crippen molar-refractivity contribution in [2.45, 2.75) is 13.3 Å². The highest BCUT2D eigenvalue weighted by molar-refractivity contribution is 5.83. The molecule has 0 aliphatic carbocycles. The molecule has 0 aliphatic rings. The van der Waals surface area contributed by atoms with Crippen LogP contribution in [0.25, 0.3) is 33.3 Å². The molecule has 8 heteroatoms. The Labute approximate surface area is 165 Å². The van der Waals surface area contributed by atoms with Crippen molar-refractivity contribution in [3.63, 3.8) is 0 Å². The summed E-state index contributed by atoms with van der Waals surface area (Å²) in [7, 11) is 0. The van der Waals surface area contributed by atoms with Crippen LogP contribution in [0.3, 0.4) is 0 Å². The number of anilines is 1. The fourth-order valence-corrected chi connectivity index (χ4v) is 3.01. The third-order valence-corrected chi connectivity index (χ3v) is 4.44. The third-order valence-electron chi connectivity index (χ3n) is 4.44. The lowest BCUT2D eigenvalue weighted by Gasteiger charge is -2.09. The van der Waals surface area contributed by atoms with E-state index >= 15 is 0 Å². The molecule has 5 aromatic rings. The number of hydrogen-bond acceptors (Lipinski definition) is 6. The van der Waals surface area contributed by atoms with Crippen molar-refractivity contribution in [1.29, 1.82) is 0 Å². The van der Waals surface area contributed by atoms with Gasteiger partial charge in [0.25, 0.3) is 0 Å². The molecule has 0 fully saturated rings. The lowest BCUT2D eigenvalue weighted by Crippen LogP contribution is -1.95. The molecule has 0 atom stereocenters. The summed E-state index contributed by atoms with van der Waals surface area (Å²) in [4.78, 5) is 23.0. The smallest absolute Gasteiger partial charge is 0.182 e. The highest BCUT2D eigenvalue weighted by atomic mass is 19.1. The minimum absolute atomic E-state index is 0.287. The monoisotopic (exact) mass is 387 g/mol. The first-order chi connectivity index (χ1) is 14.2. The van der Waals surface area contributed by atoms with E-state index in [0.717, 1.165) is 28.6 Å². The van der Waals surface area contributed by atoms with E-state index in [1.807, 2.05) is 24.3 Å². The zero-order chi connectivity index (χ0) is 20.2. The maximum Gasteiger partial charge on any atom is 0.182 e. The van der Waals surface area contributed by atoms with Gasteiger partial charge in [0.15, 0.2) is 11.5 Å². The summed E-state index contributed by atoms with van der Waals surface area (Å²) < 4.78 is 13.8. The summed E-state index contributed by atoms with van der Waals surface area (Å²) in [6.07, 6.45) is 7.25. The molecule has 7 nitrogen and oxygen atoms in total. The SMILES string of the molecule is CCc1cc2cccc(F)c2nc1-c1cccnc1.Nc1ncnc2nc[nH]c12. The molecule has 4 aromatic heterocycles. The Morgan fingerprint density at radius 3 is 2.76 bits per heavy atom. The summed E-state index contributed by atoms with van der Waals surface area (Å²) in [5.41, 5.74) is 10.0. The average molecular weight is 387 g/mol.